The number of carbonyl (C=O) groups is 2. The van der Waals surface area contributed by atoms with E-state index in [4.69, 9.17) is 0 Å². The minimum Gasteiger partial charge on any atom is -0.269 e. The van der Waals surface area contributed by atoms with Crippen LogP contribution in [0, 0.1) is 0 Å². The summed E-state index contributed by atoms with van der Waals surface area (Å²) in [6.45, 7) is 0. The van der Waals surface area contributed by atoms with E-state index in [0.29, 0.717) is 5.69 Å². The number of nitrogens with zero attached hydrogens (tertiary/aromatic N) is 1. The highest BCUT2D eigenvalue weighted by Crippen LogP contribution is 2.20. The highest BCUT2D eigenvalue weighted by atomic mass is 16.2. The van der Waals surface area contributed by atoms with Crippen LogP contribution in [0.4, 0.5) is 5.69 Å². The number of hydrogen-bond acceptors (Lipinski definition) is 2. The Hall–Kier alpha value is -2.68. The molecule has 0 fully saturated rings. The van der Waals surface area contributed by atoms with Gasteiger partial charge in [0.2, 0.25) is 0 Å². The van der Waals surface area contributed by atoms with Crippen molar-refractivity contribution in [2.75, 3.05) is 4.90 Å². The van der Waals surface area contributed by atoms with E-state index in [2.05, 4.69) is 12.1 Å². The lowest BCUT2D eigenvalue weighted by Gasteiger charge is -2.14. The Kier molecular flexibility index (Phi) is 3.17. The molecule has 0 saturated heterocycles. The second kappa shape index (κ2) is 5.13. The van der Waals surface area contributed by atoms with Crippen LogP contribution in [0.5, 0.6) is 0 Å². The number of anilines is 1. The van der Waals surface area contributed by atoms with Crippen LogP contribution in [-0.4, -0.2) is 11.8 Å². The van der Waals surface area contributed by atoms with Gasteiger partial charge in [0.05, 0.1) is 5.69 Å². The summed E-state index contributed by atoms with van der Waals surface area (Å²) in [5, 5.41) is 0. The van der Waals surface area contributed by atoms with Crippen molar-refractivity contribution in [1.82, 2.24) is 0 Å². The maximum atomic E-state index is 11.6. The van der Waals surface area contributed by atoms with Crippen molar-refractivity contribution in [3.8, 4) is 0 Å². The molecular formula is C17H13NO2. The van der Waals surface area contributed by atoms with Crippen molar-refractivity contribution in [3.63, 3.8) is 0 Å². The summed E-state index contributed by atoms with van der Waals surface area (Å²) in [5.74, 6) is -0.573. The van der Waals surface area contributed by atoms with Gasteiger partial charge >= 0.3 is 0 Å². The second-order valence-corrected chi connectivity index (χ2v) is 4.67. The molecule has 0 spiro atoms. The molecule has 1 aliphatic rings. The van der Waals surface area contributed by atoms with Gasteiger partial charge < -0.3 is 0 Å². The van der Waals surface area contributed by atoms with E-state index in [1.807, 2.05) is 30.3 Å². The molecule has 0 atom stereocenters. The first-order valence-corrected chi connectivity index (χ1v) is 6.43. The van der Waals surface area contributed by atoms with Gasteiger partial charge in [-0.05, 0) is 29.7 Å². The normalized spacial score (nSPS) is 14.1. The molecule has 3 nitrogen and oxygen atoms in total. The molecule has 0 N–H and O–H groups in total. The summed E-state index contributed by atoms with van der Waals surface area (Å²) in [7, 11) is 0. The molecule has 2 aromatic carbocycles. The minimum atomic E-state index is -0.286. The van der Waals surface area contributed by atoms with Gasteiger partial charge in [0.15, 0.2) is 0 Å². The van der Waals surface area contributed by atoms with Gasteiger partial charge in [0.25, 0.3) is 11.8 Å². The maximum Gasteiger partial charge on any atom is 0.258 e. The molecule has 0 bridgehead atoms. The Bertz CT molecular complexity index is 654. The summed E-state index contributed by atoms with van der Waals surface area (Å²) in [4.78, 5) is 24.3. The molecule has 3 heteroatoms. The lowest BCUT2D eigenvalue weighted by atomic mass is 10.0. The van der Waals surface area contributed by atoms with E-state index < -0.39 is 0 Å². The number of amides is 2. The van der Waals surface area contributed by atoms with E-state index >= 15 is 0 Å². The third-order valence-corrected chi connectivity index (χ3v) is 3.25. The number of hydrogen-bond donors (Lipinski definition) is 0. The average molecular weight is 263 g/mol. The van der Waals surface area contributed by atoms with Crippen LogP contribution in [0.15, 0.2) is 66.7 Å². The first-order valence-electron chi connectivity index (χ1n) is 6.43. The maximum absolute atomic E-state index is 11.6. The number of benzene rings is 2. The molecule has 0 saturated carbocycles. The molecule has 0 aromatic heterocycles. The van der Waals surface area contributed by atoms with Crippen molar-refractivity contribution >= 4 is 17.5 Å². The molecule has 1 aliphatic heterocycles. The standard InChI is InChI=1S/C17H13NO2/c19-16-10-11-17(20)18(16)15-8-6-14(7-9-15)12-13-4-2-1-3-5-13/h1-11H,12H2. The first-order chi connectivity index (χ1) is 9.74. The van der Waals surface area contributed by atoms with Gasteiger partial charge in [-0.25, -0.2) is 4.90 Å². The largest absolute Gasteiger partial charge is 0.269 e. The molecule has 0 unspecified atom stereocenters. The van der Waals surface area contributed by atoms with Gasteiger partial charge in [-0.15, -0.1) is 0 Å². The molecule has 0 radical (unpaired) electrons. The van der Waals surface area contributed by atoms with Crippen molar-refractivity contribution in [1.29, 1.82) is 0 Å². The SMILES string of the molecule is O=C1C=CC(=O)N1c1ccc(Cc2ccccc2)cc1. The molecular weight excluding hydrogens is 250 g/mol. The predicted molar refractivity (Wildman–Crippen MR) is 77.3 cm³/mol. The van der Waals surface area contributed by atoms with Crippen LogP contribution in [0.2, 0.25) is 0 Å². The van der Waals surface area contributed by atoms with E-state index in [0.717, 1.165) is 12.0 Å². The lowest BCUT2D eigenvalue weighted by molar-refractivity contribution is -0.119. The lowest BCUT2D eigenvalue weighted by Crippen LogP contribution is -2.29. The van der Waals surface area contributed by atoms with E-state index in [1.165, 1.54) is 22.6 Å². The summed E-state index contributed by atoms with van der Waals surface area (Å²) in [6, 6.07) is 17.7. The molecule has 1 heterocycles. The molecule has 2 aromatic rings. The van der Waals surface area contributed by atoms with Crippen molar-refractivity contribution in [2.45, 2.75) is 6.42 Å². The molecule has 3 rings (SSSR count). The summed E-state index contributed by atoms with van der Waals surface area (Å²) in [6.07, 6.45) is 3.42. The van der Waals surface area contributed by atoms with Crippen molar-refractivity contribution < 1.29 is 9.59 Å². The van der Waals surface area contributed by atoms with Gasteiger partial charge in [-0.2, -0.15) is 0 Å². The summed E-state index contributed by atoms with van der Waals surface area (Å²) < 4.78 is 0. The van der Waals surface area contributed by atoms with Crippen molar-refractivity contribution in [2.24, 2.45) is 0 Å². The fourth-order valence-electron chi connectivity index (χ4n) is 2.25. The highest BCUT2D eigenvalue weighted by molar-refractivity contribution is 6.28. The Morgan fingerprint density at radius 2 is 1.25 bits per heavy atom. The highest BCUT2D eigenvalue weighted by Gasteiger charge is 2.24. The zero-order valence-electron chi connectivity index (χ0n) is 10.8. The number of rotatable bonds is 3. The van der Waals surface area contributed by atoms with E-state index in [9.17, 15) is 9.59 Å². The molecule has 20 heavy (non-hydrogen) atoms. The fraction of sp³-hybridized carbons (Fsp3) is 0.0588. The Morgan fingerprint density at radius 3 is 1.85 bits per heavy atom. The van der Waals surface area contributed by atoms with Crippen LogP contribution in [-0.2, 0) is 16.0 Å². The van der Waals surface area contributed by atoms with Crippen molar-refractivity contribution in [3.05, 3.63) is 77.9 Å². The molecule has 2 amide bonds. The second-order valence-electron chi connectivity index (χ2n) is 4.67. The van der Waals surface area contributed by atoms with Crippen LogP contribution in [0.25, 0.3) is 0 Å². The van der Waals surface area contributed by atoms with Crippen LogP contribution in [0.3, 0.4) is 0 Å². The number of imide groups is 1. The minimum absolute atomic E-state index is 0.286. The zero-order chi connectivity index (χ0) is 13.9. The summed E-state index contributed by atoms with van der Waals surface area (Å²) in [5.41, 5.74) is 2.99. The topological polar surface area (TPSA) is 37.4 Å². The first kappa shape index (κ1) is 12.4. The molecule has 98 valence electrons. The third-order valence-electron chi connectivity index (χ3n) is 3.25. The van der Waals surface area contributed by atoms with Gasteiger partial charge in [-0.3, -0.25) is 9.59 Å². The quantitative estimate of drug-likeness (QED) is 0.798. The van der Waals surface area contributed by atoms with E-state index in [1.54, 1.807) is 12.1 Å². The smallest absolute Gasteiger partial charge is 0.258 e. The van der Waals surface area contributed by atoms with E-state index in [-0.39, 0.29) is 11.8 Å². The number of carbonyl (C=O) groups excluding carboxylic acids is 2. The van der Waals surface area contributed by atoms with Crippen LogP contribution >= 0.6 is 0 Å². The van der Waals surface area contributed by atoms with Gasteiger partial charge in [0, 0.05) is 12.2 Å². The van der Waals surface area contributed by atoms with Crippen LogP contribution < -0.4 is 4.90 Å². The Balaban J connectivity index is 1.78. The molecule has 0 aliphatic carbocycles. The van der Waals surface area contributed by atoms with Crippen LogP contribution in [0.1, 0.15) is 11.1 Å². The fourth-order valence-corrected chi connectivity index (χ4v) is 2.25. The Labute approximate surface area is 117 Å². The summed E-state index contributed by atoms with van der Waals surface area (Å²) >= 11 is 0. The van der Waals surface area contributed by atoms with Gasteiger partial charge in [0.1, 0.15) is 0 Å². The third kappa shape index (κ3) is 2.38. The predicted octanol–water partition coefficient (Wildman–Crippen LogP) is 2.71. The average Bonchev–Trinajstić information content (AvgIpc) is 2.81. The Morgan fingerprint density at radius 1 is 0.700 bits per heavy atom. The monoisotopic (exact) mass is 263 g/mol. The zero-order valence-corrected chi connectivity index (χ0v) is 10.8. The van der Waals surface area contributed by atoms with Gasteiger partial charge in [-0.1, -0.05) is 42.5 Å².